The highest BCUT2D eigenvalue weighted by atomic mass is 16.5. The highest BCUT2D eigenvalue weighted by Crippen LogP contribution is 2.22. The molecule has 108 valence electrons. The average molecular weight is 278 g/mol. The molecular weight excluding hydrogens is 260 g/mol. The van der Waals surface area contributed by atoms with Crippen LogP contribution in [0.15, 0.2) is 29.1 Å². The summed E-state index contributed by atoms with van der Waals surface area (Å²) in [4.78, 5) is 15.5. The van der Waals surface area contributed by atoms with Gasteiger partial charge >= 0.3 is 5.69 Å². The predicted molar refractivity (Wildman–Crippen MR) is 73.5 cm³/mol. The molecule has 0 radical (unpaired) electrons. The van der Waals surface area contributed by atoms with Crippen LogP contribution in [0.2, 0.25) is 0 Å². The molecule has 0 bridgehead atoms. The number of methoxy groups -OCH3 is 1. The molecule has 0 amide bonds. The maximum Gasteiger partial charge on any atom is 0.340 e. The van der Waals surface area contributed by atoms with Gasteiger partial charge in [-0.1, -0.05) is 12.1 Å². The summed E-state index contributed by atoms with van der Waals surface area (Å²) >= 11 is 0. The first-order valence-electron chi connectivity index (χ1n) is 6.22. The maximum atomic E-state index is 11.0. The van der Waals surface area contributed by atoms with E-state index in [-0.39, 0.29) is 18.3 Å². The SMILES string of the molecule is COc1ccc(C(CO)N(C)Cc2n[nH]c(=O)[nH]2)cc1. The van der Waals surface area contributed by atoms with Gasteiger partial charge in [-0.3, -0.25) is 9.88 Å². The second-order valence-electron chi connectivity index (χ2n) is 4.51. The summed E-state index contributed by atoms with van der Waals surface area (Å²) < 4.78 is 5.11. The second-order valence-corrected chi connectivity index (χ2v) is 4.51. The number of aromatic nitrogens is 3. The Labute approximate surface area is 116 Å². The van der Waals surface area contributed by atoms with Gasteiger partial charge in [0.2, 0.25) is 0 Å². The lowest BCUT2D eigenvalue weighted by molar-refractivity contribution is 0.140. The van der Waals surface area contributed by atoms with Gasteiger partial charge < -0.3 is 9.84 Å². The molecule has 1 aromatic heterocycles. The van der Waals surface area contributed by atoms with Crippen molar-refractivity contribution in [1.82, 2.24) is 20.1 Å². The Hall–Kier alpha value is -2.12. The number of benzene rings is 1. The number of aliphatic hydroxyl groups excluding tert-OH is 1. The minimum atomic E-state index is -0.335. The van der Waals surface area contributed by atoms with Gasteiger partial charge in [0, 0.05) is 0 Å². The fourth-order valence-corrected chi connectivity index (χ4v) is 2.05. The molecule has 0 aliphatic heterocycles. The first-order valence-corrected chi connectivity index (χ1v) is 6.22. The lowest BCUT2D eigenvalue weighted by atomic mass is 10.1. The van der Waals surface area contributed by atoms with E-state index < -0.39 is 0 Å². The Kier molecular flexibility index (Phi) is 4.54. The highest BCUT2D eigenvalue weighted by Gasteiger charge is 2.17. The molecule has 0 saturated carbocycles. The summed E-state index contributed by atoms with van der Waals surface area (Å²) in [5.41, 5.74) is 0.632. The number of rotatable bonds is 6. The average Bonchev–Trinajstić information content (AvgIpc) is 2.85. The normalized spacial score (nSPS) is 12.6. The Morgan fingerprint density at radius 3 is 2.60 bits per heavy atom. The number of ether oxygens (including phenoxy) is 1. The molecule has 7 heteroatoms. The van der Waals surface area contributed by atoms with Gasteiger partial charge in [0.1, 0.15) is 11.6 Å². The van der Waals surface area contributed by atoms with Crippen LogP contribution in [-0.2, 0) is 6.54 Å². The number of aromatic amines is 2. The number of hydrogen-bond donors (Lipinski definition) is 3. The molecule has 0 saturated heterocycles. The fraction of sp³-hybridized carbons (Fsp3) is 0.385. The van der Waals surface area contributed by atoms with Crippen LogP contribution in [0.3, 0.4) is 0 Å². The van der Waals surface area contributed by atoms with Crippen molar-refractivity contribution in [2.24, 2.45) is 0 Å². The molecule has 7 nitrogen and oxygen atoms in total. The first kappa shape index (κ1) is 14.3. The van der Waals surface area contributed by atoms with Crippen LogP contribution in [0.5, 0.6) is 5.75 Å². The minimum Gasteiger partial charge on any atom is -0.497 e. The Balaban J connectivity index is 2.11. The number of aliphatic hydroxyl groups is 1. The Bertz CT molecular complexity index is 590. The van der Waals surface area contributed by atoms with E-state index >= 15 is 0 Å². The topological polar surface area (TPSA) is 94.2 Å². The van der Waals surface area contributed by atoms with Crippen LogP contribution in [0.4, 0.5) is 0 Å². The third kappa shape index (κ3) is 3.25. The van der Waals surface area contributed by atoms with E-state index in [1.807, 2.05) is 36.2 Å². The number of hydrogen-bond acceptors (Lipinski definition) is 5. The standard InChI is InChI=1S/C13H18N4O3/c1-17(7-12-14-13(19)16-15-12)11(8-18)9-3-5-10(20-2)6-4-9/h3-6,11,18H,7-8H2,1-2H3,(H2,14,15,16,19). The summed E-state index contributed by atoms with van der Waals surface area (Å²) in [6.07, 6.45) is 0. The van der Waals surface area contributed by atoms with E-state index in [0.29, 0.717) is 12.4 Å². The van der Waals surface area contributed by atoms with Gasteiger partial charge in [0.25, 0.3) is 0 Å². The van der Waals surface area contributed by atoms with Crippen molar-refractivity contribution in [2.45, 2.75) is 12.6 Å². The quantitative estimate of drug-likeness (QED) is 0.705. The number of likely N-dealkylation sites (N-methyl/N-ethyl adjacent to an activating group) is 1. The third-order valence-electron chi connectivity index (χ3n) is 3.15. The van der Waals surface area contributed by atoms with Crippen LogP contribution in [0.1, 0.15) is 17.4 Å². The number of nitrogens with zero attached hydrogens (tertiary/aromatic N) is 2. The molecule has 0 spiro atoms. The molecule has 3 N–H and O–H groups in total. The van der Waals surface area contributed by atoms with E-state index in [0.717, 1.165) is 11.3 Å². The fourth-order valence-electron chi connectivity index (χ4n) is 2.05. The Morgan fingerprint density at radius 1 is 1.40 bits per heavy atom. The van der Waals surface area contributed by atoms with Crippen LogP contribution in [0.25, 0.3) is 0 Å². The van der Waals surface area contributed by atoms with E-state index in [1.165, 1.54) is 0 Å². The lowest BCUT2D eigenvalue weighted by Gasteiger charge is -2.25. The van der Waals surface area contributed by atoms with E-state index in [1.54, 1.807) is 7.11 Å². The van der Waals surface area contributed by atoms with Crippen LogP contribution in [-0.4, -0.2) is 46.0 Å². The van der Waals surface area contributed by atoms with Gasteiger partial charge in [-0.25, -0.2) is 9.89 Å². The van der Waals surface area contributed by atoms with E-state index in [2.05, 4.69) is 15.2 Å². The van der Waals surface area contributed by atoms with Crippen molar-refractivity contribution in [1.29, 1.82) is 0 Å². The van der Waals surface area contributed by atoms with Gasteiger partial charge in [0.15, 0.2) is 0 Å². The molecule has 0 aliphatic rings. The Morgan fingerprint density at radius 2 is 2.10 bits per heavy atom. The van der Waals surface area contributed by atoms with Gasteiger partial charge in [-0.05, 0) is 24.7 Å². The predicted octanol–water partition coefficient (Wildman–Crippen LogP) is 0.272. The second kappa shape index (κ2) is 6.36. The monoisotopic (exact) mass is 278 g/mol. The number of H-pyrrole nitrogens is 2. The first-order chi connectivity index (χ1) is 9.63. The molecule has 2 aromatic rings. The van der Waals surface area contributed by atoms with Crippen molar-refractivity contribution in [2.75, 3.05) is 20.8 Å². The lowest BCUT2D eigenvalue weighted by Crippen LogP contribution is -2.27. The molecule has 1 unspecified atom stereocenters. The zero-order valence-corrected chi connectivity index (χ0v) is 11.5. The van der Waals surface area contributed by atoms with Gasteiger partial charge in [-0.2, -0.15) is 5.10 Å². The number of nitrogens with one attached hydrogen (secondary N) is 2. The zero-order valence-electron chi connectivity index (χ0n) is 11.5. The van der Waals surface area contributed by atoms with Crippen molar-refractivity contribution in [3.63, 3.8) is 0 Å². The van der Waals surface area contributed by atoms with Crippen molar-refractivity contribution in [3.05, 3.63) is 46.1 Å². The van der Waals surface area contributed by atoms with Crippen molar-refractivity contribution >= 4 is 0 Å². The van der Waals surface area contributed by atoms with Crippen LogP contribution >= 0.6 is 0 Å². The molecule has 1 aromatic carbocycles. The summed E-state index contributed by atoms with van der Waals surface area (Å²) in [5.74, 6) is 1.30. The molecule has 20 heavy (non-hydrogen) atoms. The highest BCUT2D eigenvalue weighted by molar-refractivity contribution is 5.29. The molecule has 0 aliphatic carbocycles. The smallest absolute Gasteiger partial charge is 0.340 e. The summed E-state index contributed by atoms with van der Waals surface area (Å²) in [6.45, 7) is 0.396. The van der Waals surface area contributed by atoms with Gasteiger partial charge in [-0.15, -0.1) is 0 Å². The molecule has 1 atom stereocenters. The van der Waals surface area contributed by atoms with Crippen LogP contribution in [0, 0.1) is 0 Å². The third-order valence-corrected chi connectivity index (χ3v) is 3.15. The zero-order chi connectivity index (χ0) is 14.5. The molecule has 1 heterocycles. The summed E-state index contributed by atoms with van der Waals surface area (Å²) in [7, 11) is 3.47. The summed E-state index contributed by atoms with van der Waals surface area (Å²) in [6, 6.07) is 7.33. The van der Waals surface area contributed by atoms with Crippen molar-refractivity contribution < 1.29 is 9.84 Å². The largest absolute Gasteiger partial charge is 0.497 e. The molecule has 2 rings (SSSR count). The van der Waals surface area contributed by atoms with E-state index in [9.17, 15) is 9.90 Å². The minimum absolute atomic E-state index is 0.0303. The van der Waals surface area contributed by atoms with Crippen LogP contribution < -0.4 is 10.4 Å². The van der Waals surface area contributed by atoms with E-state index in [4.69, 9.17) is 4.74 Å². The maximum absolute atomic E-state index is 11.0. The molecule has 0 fully saturated rings. The summed E-state index contributed by atoms with van der Waals surface area (Å²) in [5, 5.41) is 15.8. The van der Waals surface area contributed by atoms with Crippen molar-refractivity contribution in [3.8, 4) is 5.75 Å². The van der Waals surface area contributed by atoms with Gasteiger partial charge in [0.05, 0.1) is 26.3 Å². The molecular formula is C13H18N4O3.